The van der Waals surface area contributed by atoms with Crippen LogP contribution in [0.2, 0.25) is 0 Å². The number of ketones is 1. The van der Waals surface area contributed by atoms with E-state index in [2.05, 4.69) is 31.9 Å². The van der Waals surface area contributed by atoms with Crippen LogP contribution < -0.4 is 5.43 Å². The molecule has 0 spiro atoms. The Morgan fingerprint density at radius 3 is 2.51 bits per heavy atom. The minimum atomic E-state index is -0.635. The van der Waals surface area contributed by atoms with Crippen molar-refractivity contribution < 1.29 is 9.90 Å². The Kier molecular flexibility index (Phi) is 9.29. The Balaban J connectivity index is 2.15. The normalized spacial score (nSPS) is 17.5. The van der Waals surface area contributed by atoms with Crippen molar-refractivity contribution in [1.29, 1.82) is 0 Å². The van der Waals surface area contributed by atoms with Crippen molar-refractivity contribution in [2.75, 3.05) is 5.43 Å². The fraction of sp³-hybridized carbons (Fsp3) is 0.517. The predicted octanol–water partition coefficient (Wildman–Crippen LogP) is 6.69. The Labute approximate surface area is 226 Å². The molecule has 0 aromatic carbocycles. The summed E-state index contributed by atoms with van der Waals surface area (Å²) in [7, 11) is 0. The van der Waals surface area contributed by atoms with Gasteiger partial charge in [-0.3, -0.25) is 10.2 Å². The van der Waals surface area contributed by atoms with Crippen LogP contribution in [0.15, 0.2) is 46.8 Å². The molecule has 2 N–H and O–H groups in total. The second-order valence-electron chi connectivity index (χ2n) is 9.75. The quantitative estimate of drug-likeness (QED) is 0.191. The van der Waals surface area contributed by atoms with E-state index in [9.17, 15) is 9.90 Å². The molecule has 200 valence electrons. The number of aliphatic imine (C=N–C) groups is 1. The Bertz CT molecular complexity index is 1200. The molecular formula is C29H41N5O2S. The highest BCUT2D eigenvalue weighted by atomic mass is 32.1. The van der Waals surface area contributed by atoms with Crippen molar-refractivity contribution in [3.05, 3.63) is 59.0 Å². The molecule has 3 rings (SSSR count). The molecule has 2 aliphatic rings. The molecule has 1 aromatic heterocycles. The van der Waals surface area contributed by atoms with Crippen LogP contribution in [-0.2, 0) is 11.2 Å². The number of amidine groups is 1. The van der Waals surface area contributed by atoms with Gasteiger partial charge in [0, 0.05) is 18.5 Å². The summed E-state index contributed by atoms with van der Waals surface area (Å²) in [6.45, 7) is 16.0. The maximum absolute atomic E-state index is 13.4. The zero-order valence-electron chi connectivity index (χ0n) is 23.1. The maximum Gasteiger partial charge on any atom is 0.158 e. The molecule has 2 heterocycles. The number of fused-ring (bicyclic) bond motifs is 1. The first-order chi connectivity index (χ1) is 17.6. The molecule has 0 radical (unpaired) electrons. The number of allylic oxidation sites excluding steroid dienone is 3. The summed E-state index contributed by atoms with van der Waals surface area (Å²) in [5.41, 5.74) is 6.31. The van der Waals surface area contributed by atoms with Gasteiger partial charge in [-0.2, -0.15) is 0 Å². The lowest BCUT2D eigenvalue weighted by Crippen LogP contribution is -2.59. The second kappa shape index (κ2) is 12.0. The Morgan fingerprint density at radius 1 is 1.30 bits per heavy atom. The third-order valence-electron chi connectivity index (χ3n) is 7.02. The van der Waals surface area contributed by atoms with Crippen molar-refractivity contribution in [2.24, 2.45) is 4.99 Å². The molecule has 1 aromatic rings. The Hall–Kier alpha value is -3.00. The highest BCUT2D eigenvalue weighted by Crippen LogP contribution is 2.43. The number of aromatic nitrogens is 2. The number of Topliss-reactive ketones (excluding diaryl/α,β-unsaturated/α-hetero) is 1. The predicted molar refractivity (Wildman–Crippen MR) is 156 cm³/mol. The average Bonchev–Trinajstić information content (AvgIpc) is 3.14. The zero-order valence-corrected chi connectivity index (χ0v) is 24.0. The fourth-order valence-electron chi connectivity index (χ4n) is 5.20. The summed E-state index contributed by atoms with van der Waals surface area (Å²) in [5.74, 6) is 1.65. The fourth-order valence-corrected chi connectivity index (χ4v) is 5.48. The zero-order chi connectivity index (χ0) is 27.3. The number of rotatable bonds is 11. The second-order valence-corrected chi connectivity index (χ2v) is 10.3. The average molecular weight is 524 g/mol. The van der Waals surface area contributed by atoms with Gasteiger partial charge in [0.2, 0.25) is 0 Å². The van der Waals surface area contributed by atoms with Crippen molar-refractivity contribution in [3.8, 4) is 0 Å². The van der Waals surface area contributed by atoms with Crippen LogP contribution >= 0.6 is 12.2 Å². The molecule has 0 bridgehead atoms. The van der Waals surface area contributed by atoms with Crippen LogP contribution in [-0.4, -0.2) is 41.8 Å². The SMILES string of the molecule is C=C1N=C(C(=C/C(=C/CC)N(C(C)=S)C2(C(=O)CCC)CCC2)/C(O)=C\C)Nn2c(CCC)nc(C)c21. The van der Waals surface area contributed by atoms with E-state index in [0.29, 0.717) is 28.5 Å². The van der Waals surface area contributed by atoms with Crippen molar-refractivity contribution in [2.45, 2.75) is 98.4 Å². The van der Waals surface area contributed by atoms with Gasteiger partial charge in [0.15, 0.2) is 11.6 Å². The number of aliphatic hydroxyl groups excluding tert-OH is 1. The van der Waals surface area contributed by atoms with E-state index in [1.165, 1.54) is 0 Å². The summed E-state index contributed by atoms with van der Waals surface area (Å²) < 4.78 is 1.92. The van der Waals surface area contributed by atoms with Gasteiger partial charge in [-0.1, -0.05) is 45.6 Å². The number of nitrogens with one attached hydrogen (secondary N) is 1. The number of carbonyl (C=O) groups is 1. The minimum Gasteiger partial charge on any atom is -0.508 e. The van der Waals surface area contributed by atoms with Gasteiger partial charge < -0.3 is 10.0 Å². The van der Waals surface area contributed by atoms with Gasteiger partial charge in [0.1, 0.15) is 22.8 Å². The summed E-state index contributed by atoms with van der Waals surface area (Å²) in [6.07, 6.45) is 11.9. The molecule has 0 saturated heterocycles. The van der Waals surface area contributed by atoms with E-state index in [1.807, 2.05) is 36.4 Å². The van der Waals surface area contributed by atoms with E-state index in [0.717, 1.165) is 67.9 Å². The molecule has 1 aliphatic heterocycles. The van der Waals surface area contributed by atoms with Crippen molar-refractivity contribution in [1.82, 2.24) is 14.6 Å². The van der Waals surface area contributed by atoms with Gasteiger partial charge in [0.05, 0.1) is 22.0 Å². The third kappa shape index (κ3) is 5.49. The lowest BCUT2D eigenvalue weighted by Gasteiger charge is -2.50. The number of aliphatic hydroxyl groups is 1. The van der Waals surface area contributed by atoms with E-state index < -0.39 is 5.54 Å². The van der Waals surface area contributed by atoms with Crippen molar-refractivity contribution >= 4 is 34.5 Å². The third-order valence-corrected chi connectivity index (χ3v) is 7.20. The molecule has 37 heavy (non-hydrogen) atoms. The van der Waals surface area contributed by atoms with Crippen LogP contribution in [0.4, 0.5) is 0 Å². The largest absolute Gasteiger partial charge is 0.508 e. The molecule has 0 amide bonds. The molecule has 0 atom stereocenters. The number of hydrogen-bond donors (Lipinski definition) is 2. The van der Waals surface area contributed by atoms with Crippen molar-refractivity contribution in [3.63, 3.8) is 0 Å². The molecule has 1 saturated carbocycles. The first-order valence-electron chi connectivity index (χ1n) is 13.4. The molecule has 7 nitrogen and oxygen atoms in total. The topological polar surface area (TPSA) is 82.8 Å². The van der Waals surface area contributed by atoms with Crippen LogP contribution in [0.5, 0.6) is 0 Å². The summed E-state index contributed by atoms with van der Waals surface area (Å²) >= 11 is 5.74. The molecule has 1 aliphatic carbocycles. The highest BCUT2D eigenvalue weighted by Gasteiger charge is 2.49. The summed E-state index contributed by atoms with van der Waals surface area (Å²) in [6, 6.07) is 0. The van der Waals surface area contributed by atoms with E-state index >= 15 is 0 Å². The Morgan fingerprint density at radius 2 is 2.00 bits per heavy atom. The first-order valence-corrected chi connectivity index (χ1v) is 13.8. The van der Waals surface area contributed by atoms with Crippen LogP contribution in [0.1, 0.15) is 96.8 Å². The molecular weight excluding hydrogens is 482 g/mol. The van der Waals surface area contributed by atoms with Gasteiger partial charge in [-0.15, -0.1) is 0 Å². The first kappa shape index (κ1) is 28.6. The maximum atomic E-state index is 13.4. The lowest BCUT2D eigenvalue weighted by atomic mass is 9.70. The van der Waals surface area contributed by atoms with E-state index in [-0.39, 0.29) is 11.5 Å². The van der Waals surface area contributed by atoms with Gasteiger partial charge in [-0.25, -0.2) is 14.7 Å². The number of carbonyl (C=O) groups excluding carboxylic acids is 1. The molecule has 8 heteroatoms. The van der Waals surface area contributed by atoms with Crippen LogP contribution in [0.3, 0.4) is 0 Å². The number of imidazole rings is 1. The van der Waals surface area contributed by atoms with Gasteiger partial charge in [0.25, 0.3) is 0 Å². The van der Waals surface area contributed by atoms with Gasteiger partial charge in [-0.05, 0) is 71.4 Å². The number of hydrogen-bond acceptors (Lipinski definition) is 6. The van der Waals surface area contributed by atoms with Gasteiger partial charge >= 0.3 is 0 Å². The standard InChI is InChI=1S/C29H41N5O2S/c1-8-13-22(33(21(7)37)29(16-12-17-29)25(36)14-9-2)18-23(24(35)11-4)28-31-20(6)27-19(5)30-26(15-10-3)34(27)32-28/h11,13,18,35H,6,8-10,12,14-17H2,1-5,7H3,(H,31,32)/b22-13-,23-18+,24-11+. The lowest BCUT2D eigenvalue weighted by molar-refractivity contribution is -0.132. The summed E-state index contributed by atoms with van der Waals surface area (Å²) in [5, 5.41) is 11.1. The number of nitrogens with zero attached hydrogens (tertiary/aromatic N) is 4. The van der Waals surface area contributed by atoms with E-state index in [4.69, 9.17) is 22.2 Å². The smallest absolute Gasteiger partial charge is 0.158 e. The van der Waals surface area contributed by atoms with E-state index in [1.54, 1.807) is 13.0 Å². The number of thiocarbonyl (C=S) groups is 1. The minimum absolute atomic E-state index is 0.0721. The van der Waals surface area contributed by atoms with Crippen LogP contribution in [0.25, 0.3) is 5.70 Å². The summed E-state index contributed by atoms with van der Waals surface area (Å²) in [4.78, 5) is 25.5. The number of aryl methyl sites for hydroxylation is 2. The molecule has 0 unspecified atom stereocenters. The van der Waals surface area contributed by atoms with Crippen LogP contribution in [0, 0.1) is 6.92 Å². The monoisotopic (exact) mass is 523 g/mol. The highest BCUT2D eigenvalue weighted by molar-refractivity contribution is 7.80. The molecule has 1 fully saturated rings.